The van der Waals surface area contributed by atoms with Gasteiger partial charge in [0.15, 0.2) is 0 Å². The van der Waals surface area contributed by atoms with E-state index in [0.29, 0.717) is 24.6 Å². The number of hydrogen-bond acceptors (Lipinski definition) is 4. The first-order valence-corrected chi connectivity index (χ1v) is 8.95. The van der Waals surface area contributed by atoms with Gasteiger partial charge in [0.05, 0.1) is 6.04 Å². The molecule has 0 saturated carbocycles. The Morgan fingerprint density at radius 1 is 1.15 bits per heavy atom. The summed E-state index contributed by atoms with van der Waals surface area (Å²) in [6, 6.07) is 16.3. The summed E-state index contributed by atoms with van der Waals surface area (Å²) in [6.45, 7) is 2.03. The fourth-order valence-corrected chi connectivity index (χ4v) is 3.36. The Balaban J connectivity index is 1.33. The van der Waals surface area contributed by atoms with Gasteiger partial charge in [-0.3, -0.25) is 4.79 Å². The number of hydrogen-bond donors (Lipinski definition) is 1. The lowest BCUT2D eigenvalue weighted by atomic mass is 10.1. The largest absolute Gasteiger partial charge is 0.421 e. The van der Waals surface area contributed by atoms with E-state index in [2.05, 4.69) is 27.6 Å². The molecule has 1 N–H and O–H groups in total. The summed E-state index contributed by atoms with van der Waals surface area (Å²) >= 11 is 0. The van der Waals surface area contributed by atoms with Crippen molar-refractivity contribution in [2.24, 2.45) is 0 Å². The Kier molecular flexibility index (Phi) is 4.52. The molecular formula is C21H21N3O2. The molecule has 1 heterocycles. The van der Waals surface area contributed by atoms with Gasteiger partial charge in [-0.25, -0.2) is 0 Å². The van der Waals surface area contributed by atoms with E-state index in [1.54, 1.807) is 0 Å². The molecule has 0 bridgehead atoms. The molecule has 0 unspecified atom stereocenters. The molecule has 0 saturated heterocycles. The average molecular weight is 347 g/mol. The van der Waals surface area contributed by atoms with E-state index >= 15 is 0 Å². The van der Waals surface area contributed by atoms with Crippen molar-refractivity contribution < 1.29 is 9.21 Å². The number of nitrogens with zero attached hydrogens (tertiary/aromatic N) is 2. The monoisotopic (exact) mass is 347 g/mol. The lowest BCUT2D eigenvalue weighted by Crippen LogP contribution is -2.27. The standard InChI is InChI=1S/C21H21N3O2/c1-14-6-8-16(9-7-14)21-24-23-20(26-21)13-12-19(25)22-18-11-10-15-4-2-3-5-17(15)18/h2-9,18H,10-13H2,1H3,(H,22,25)/t18-/m0/s1. The van der Waals surface area contributed by atoms with Gasteiger partial charge >= 0.3 is 0 Å². The minimum atomic E-state index is 0.0155. The molecule has 26 heavy (non-hydrogen) atoms. The van der Waals surface area contributed by atoms with E-state index in [4.69, 9.17) is 4.42 Å². The Bertz CT molecular complexity index is 915. The van der Waals surface area contributed by atoms with Crippen LogP contribution in [-0.4, -0.2) is 16.1 Å². The molecule has 1 aliphatic carbocycles. The zero-order valence-corrected chi connectivity index (χ0v) is 14.7. The first-order valence-electron chi connectivity index (χ1n) is 8.95. The van der Waals surface area contributed by atoms with Crippen molar-refractivity contribution in [2.45, 2.75) is 38.6 Å². The van der Waals surface area contributed by atoms with Crippen molar-refractivity contribution in [3.8, 4) is 11.5 Å². The average Bonchev–Trinajstić information content (AvgIpc) is 3.28. The SMILES string of the molecule is Cc1ccc(-c2nnc(CCC(=O)N[C@H]3CCc4ccccc43)o2)cc1. The lowest BCUT2D eigenvalue weighted by Gasteiger charge is -2.13. The maximum absolute atomic E-state index is 12.3. The molecular weight excluding hydrogens is 326 g/mol. The summed E-state index contributed by atoms with van der Waals surface area (Å²) < 4.78 is 5.68. The van der Waals surface area contributed by atoms with Crippen LogP contribution in [0.1, 0.15) is 41.5 Å². The molecule has 1 amide bonds. The van der Waals surface area contributed by atoms with E-state index in [9.17, 15) is 4.79 Å². The Labute approximate surface area is 152 Å². The highest BCUT2D eigenvalue weighted by molar-refractivity contribution is 5.76. The van der Waals surface area contributed by atoms with E-state index in [0.717, 1.165) is 18.4 Å². The fraction of sp³-hybridized carbons (Fsp3) is 0.286. The molecule has 3 aromatic rings. The van der Waals surface area contributed by atoms with Crippen molar-refractivity contribution >= 4 is 5.91 Å². The first kappa shape index (κ1) is 16.5. The third kappa shape index (κ3) is 3.52. The van der Waals surface area contributed by atoms with Crippen molar-refractivity contribution in [2.75, 3.05) is 0 Å². The zero-order valence-electron chi connectivity index (χ0n) is 14.7. The van der Waals surface area contributed by atoms with Gasteiger partial charge in [-0.2, -0.15) is 0 Å². The second-order valence-electron chi connectivity index (χ2n) is 6.72. The van der Waals surface area contributed by atoms with Crippen LogP contribution in [0.4, 0.5) is 0 Å². The maximum Gasteiger partial charge on any atom is 0.247 e. The summed E-state index contributed by atoms with van der Waals surface area (Å²) in [7, 11) is 0. The topological polar surface area (TPSA) is 68.0 Å². The maximum atomic E-state index is 12.3. The lowest BCUT2D eigenvalue weighted by molar-refractivity contribution is -0.121. The number of aryl methyl sites for hydroxylation is 3. The van der Waals surface area contributed by atoms with Crippen LogP contribution in [0, 0.1) is 6.92 Å². The summed E-state index contributed by atoms with van der Waals surface area (Å²) in [5.41, 5.74) is 4.64. The molecule has 132 valence electrons. The van der Waals surface area contributed by atoms with Gasteiger partial charge in [0, 0.05) is 18.4 Å². The molecule has 5 nitrogen and oxygen atoms in total. The third-order valence-corrected chi connectivity index (χ3v) is 4.80. The number of nitrogens with one attached hydrogen (secondary N) is 1. The Morgan fingerprint density at radius 3 is 2.81 bits per heavy atom. The fourth-order valence-electron chi connectivity index (χ4n) is 3.36. The molecule has 0 aliphatic heterocycles. The van der Waals surface area contributed by atoms with Gasteiger partial charge in [-0.1, -0.05) is 42.0 Å². The summed E-state index contributed by atoms with van der Waals surface area (Å²) in [5, 5.41) is 11.3. The van der Waals surface area contributed by atoms with Gasteiger partial charge in [0.1, 0.15) is 0 Å². The smallest absolute Gasteiger partial charge is 0.247 e. The van der Waals surface area contributed by atoms with E-state index in [-0.39, 0.29) is 11.9 Å². The van der Waals surface area contributed by atoms with Crippen LogP contribution in [-0.2, 0) is 17.6 Å². The van der Waals surface area contributed by atoms with Crippen LogP contribution < -0.4 is 5.32 Å². The third-order valence-electron chi connectivity index (χ3n) is 4.80. The number of fused-ring (bicyclic) bond motifs is 1. The van der Waals surface area contributed by atoms with Crippen LogP contribution in [0.3, 0.4) is 0 Å². The number of aromatic nitrogens is 2. The molecule has 0 spiro atoms. The van der Waals surface area contributed by atoms with Crippen molar-refractivity contribution in [3.05, 3.63) is 71.1 Å². The normalized spacial score (nSPS) is 15.7. The van der Waals surface area contributed by atoms with Gasteiger partial charge in [0.25, 0.3) is 0 Å². The highest BCUT2D eigenvalue weighted by Crippen LogP contribution is 2.30. The van der Waals surface area contributed by atoms with Crippen molar-refractivity contribution in [3.63, 3.8) is 0 Å². The van der Waals surface area contributed by atoms with Gasteiger partial charge in [-0.15, -0.1) is 10.2 Å². The highest BCUT2D eigenvalue weighted by Gasteiger charge is 2.23. The summed E-state index contributed by atoms with van der Waals surface area (Å²) in [5.74, 6) is 0.995. The number of amides is 1. The van der Waals surface area contributed by atoms with Crippen LogP contribution in [0.5, 0.6) is 0 Å². The predicted octanol–water partition coefficient (Wildman–Crippen LogP) is 3.78. The molecule has 4 rings (SSSR count). The second-order valence-corrected chi connectivity index (χ2v) is 6.72. The minimum Gasteiger partial charge on any atom is -0.421 e. The second kappa shape index (κ2) is 7.12. The van der Waals surface area contributed by atoms with Crippen molar-refractivity contribution in [1.82, 2.24) is 15.5 Å². The molecule has 2 aromatic carbocycles. The van der Waals surface area contributed by atoms with Crippen molar-refractivity contribution in [1.29, 1.82) is 0 Å². The summed E-state index contributed by atoms with van der Waals surface area (Å²) in [6.07, 6.45) is 2.77. The quantitative estimate of drug-likeness (QED) is 0.763. The minimum absolute atomic E-state index is 0.0155. The molecule has 1 atom stereocenters. The number of carbonyl (C=O) groups excluding carboxylic acids is 1. The molecule has 1 aromatic heterocycles. The highest BCUT2D eigenvalue weighted by atomic mass is 16.4. The van der Waals surface area contributed by atoms with Gasteiger partial charge in [0.2, 0.25) is 17.7 Å². The Hall–Kier alpha value is -2.95. The first-order chi connectivity index (χ1) is 12.7. The van der Waals surface area contributed by atoms with Gasteiger partial charge in [-0.05, 0) is 43.0 Å². The van der Waals surface area contributed by atoms with Gasteiger partial charge < -0.3 is 9.73 Å². The van der Waals surface area contributed by atoms with Crippen LogP contribution >= 0.6 is 0 Å². The van der Waals surface area contributed by atoms with Crippen LogP contribution in [0.25, 0.3) is 11.5 Å². The molecule has 5 heteroatoms. The number of rotatable bonds is 5. The molecule has 0 radical (unpaired) electrons. The van der Waals surface area contributed by atoms with Crippen LogP contribution in [0.15, 0.2) is 52.9 Å². The number of carbonyl (C=O) groups is 1. The van der Waals surface area contributed by atoms with E-state index in [1.165, 1.54) is 16.7 Å². The molecule has 0 fully saturated rings. The Morgan fingerprint density at radius 2 is 1.96 bits per heavy atom. The van der Waals surface area contributed by atoms with Crippen LogP contribution in [0.2, 0.25) is 0 Å². The van der Waals surface area contributed by atoms with E-state index < -0.39 is 0 Å². The molecule has 1 aliphatic rings. The predicted molar refractivity (Wildman–Crippen MR) is 98.4 cm³/mol. The van der Waals surface area contributed by atoms with E-state index in [1.807, 2.05) is 43.3 Å². The zero-order chi connectivity index (χ0) is 17.9. The number of benzene rings is 2. The summed E-state index contributed by atoms with van der Waals surface area (Å²) in [4.78, 5) is 12.3.